The Labute approximate surface area is 213 Å². The van der Waals surface area contributed by atoms with Crippen LogP contribution in [0.15, 0.2) is 47.6 Å². The zero-order chi connectivity index (χ0) is 24.5. The van der Waals surface area contributed by atoms with Crippen LogP contribution in [0.3, 0.4) is 0 Å². The largest absolute Gasteiger partial charge is 0.387 e. The number of rotatable bonds is 7. The first-order valence-electron chi connectivity index (χ1n) is 10.5. The Morgan fingerprint density at radius 2 is 2.00 bits per heavy atom. The van der Waals surface area contributed by atoms with Crippen molar-refractivity contribution in [3.8, 4) is 0 Å². The van der Waals surface area contributed by atoms with Gasteiger partial charge in [-0.2, -0.15) is 0 Å². The maximum absolute atomic E-state index is 11.8. The van der Waals surface area contributed by atoms with Crippen LogP contribution in [0.25, 0.3) is 0 Å². The van der Waals surface area contributed by atoms with Crippen LogP contribution in [0.4, 0.5) is 11.4 Å². The Hall–Kier alpha value is -2.04. The zero-order valence-electron chi connectivity index (χ0n) is 18.2. The molecule has 2 aliphatic heterocycles. The summed E-state index contributed by atoms with van der Waals surface area (Å²) in [7, 11) is -3.29. The predicted octanol–water partition coefficient (Wildman–Crippen LogP) is 4.08. The van der Waals surface area contributed by atoms with Crippen molar-refractivity contribution in [3.05, 3.63) is 58.6 Å². The number of halogens is 3. The summed E-state index contributed by atoms with van der Waals surface area (Å²) in [6, 6.07) is 12.6. The van der Waals surface area contributed by atoms with Crippen LogP contribution in [0.1, 0.15) is 30.1 Å². The summed E-state index contributed by atoms with van der Waals surface area (Å²) in [6.07, 6.45) is 1.96. The number of amides is 1. The molecule has 8 nitrogen and oxygen atoms in total. The molecule has 2 atom stereocenters. The van der Waals surface area contributed by atoms with Crippen molar-refractivity contribution >= 4 is 67.8 Å². The van der Waals surface area contributed by atoms with Crippen LogP contribution < -0.4 is 14.9 Å². The lowest BCUT2D eigenvalue weighted by molar-refractivity contribution is -0.114. The van der Waals surface area contributed by atoms with E-state index in [1.165, 1.54) is 0 Å². The van der Waals surface area contributed by atoms with Gasteiger partial charge in [-0.15, -0.1) is 0 Å². The first kappa shape index (κ1) is 25.1. The zero-order valence-corrected chi connectivity index (χ0v) is 21.3. The monoisotopic (exact) mass is 544 g/mol. The van der Waals surface area contributed by atoms with Crippen molar-refractivity contribution in [3.63, 3.8) is 0 Å². The Morgan fingerprint density at radius 1 is 1.24 bits per heavy atom. The molecule has 1 amide bonds. The van der Waals surface area contributed by atoms with Crippen LogP contribution in [-0.2, 0) is 19.7 Å². The number of alkyl halides is 2. The minimum absolute atomic E-state index is 0.171. The molecule has 4 rings (SSSR count). The van der Waals surface area contributed by atoms with Crippen molar-refractivity contribution in [1.29, 1.82) is 0 Å². The molecule has 1 saturated heterocycles. The number of carbonyl (C=O) groups excluding carboxylic acids is 1. The fourth-order valence-electron chi connectivity index (χ4n) is 4.16. The number of benzene rings is 2. The lowest BCUT2D eigenvalue weighted by atomic mass is 9.98. The van der Waals surface area contributed by atoms with Gasteiger partial charge in [-0.3, -0.25) is 4.79 Å². The molecule has 1 fully saturated rings. The number of nitrogens with one attached hydrogen (secondary N) is 2. The highest BCUT2D eigenvalue weighted by molar-refractivity contribution is 7.88. The Kier molecular flexibility index (Phi) is 7.59. The van der Waals surface area contributed by atoms with E-state index >= 15 is 0 Å². The molecular formula is C22H23Cl3N4O4S. The van der Waals surface area contributed by atoms with Crippen molar-refractivity contribution in [2.45, 2.75) is 29.8 Å². The molecule has 182 valence electrons. The SMILES string of the molecule is CS(=O)(=O)N[C@@H]1CCN(c2cccc(Cl)c2C2=NOC(c3cccc(NC(=O)C(Cl)Cl)c3)C2)C1. The Bertz CT molecular complexity index is 1220. The van der Waals surface area contributed by atoms with E-state index in [0.717, 1.165) is 23.1 Å². The van der Waals surface area contributed by atoms with Gasteiger partial charge in [0.1, 0.15) is 0 Å². The van der Waals surface area contributed by atoms with E-state index in [1.54, 1.807) is 24.3 Å². The van der Waals surface area contributed by atoms with E-state index in [1.807, 2.05) is 18.2 Å². The van der Waals surface area contributed by atoms with Crippen LogP contribution in [0.5, 0.6) is 0 Å². The summed E-state index contributed by atoms with van der Waals surface area (Å²) in [5.41, 5.74) is 3.71. The van der Waals surface area contributed by atoms with Crippen molar-refractivity contribution in [1.82, 2.24) is 4.72 Å². The fraction of sp³-hybridized carbons (Fsp3) is 0.364. The van der Waals surface area contributed by atoms with Gasteiger partial charge in [0.2, 0.25) is 10.0 Å². The first-order valence-corrected chi connectivity index (χ1v) is 13.7. The van der Waals surface area contributed by atoms with E-state index in [0.29, 0.717) is 42.4 Å². The highest BCUT2D eigenvalue weighted by Gasteiger charge is 2.31. The van der Waals surface area contributed by atoms with Crippen molar-refractivity contribution in [2.24, 2.45) is 5.16 Å². The molecule has 0 radical (unpaired) electrons. The van der Waals surface area contributed by atoms with Gasteiger partial charge in [-0.05, 0) is 36.2 Å². The second-order valence-corrected chi connectivity index (χ2v) is 11.5. The normalized spacial score (nSPS) is 20.4. The van der Waals surface area contributed by atoms with Gasteiger partial charge in [-0.1, -0.05) is 58.2 Å². The molecule has 0 spiro atoms. The minimum Gasteiger partial charge on any atom is -0.387 e. The van der Waals surface area contributed by atoms with Gasteiger partial charge in [0.25, 0.3) is 5.91 Å². The van der Waals surface area contributed by atoms with E-state index in [2.05, 4.69) is 20.1 Å². The van der Waals surface area contributed by atoms with Crippen molar-refractivity contribution < 1.29 is 18.0 Å². The number of nitrogens with zero attached hydrogens (tertiary/aromatic N) is 2. The maximum atomic E-state index is 11.8. The lowest BCUT2D eigenvalue weighted by Gasteiger charge is -2.23. The van der Waals surface area contributed by atoms with Gasteiger partial charge < -0.3 is 15.1 Å². The molecular weight excluding hydrogens is 523 g/mol. The average molecular weight is 546 g/mol. The summed E-state index contributed by atoms with van der Waals surface area (Å²) >= 11 is 17.8. The summed E-state index contributed by atoms with van der Waals surface area (Å²) in [4.78, 5) is 18.5. The molecule has 0 aliphatic carbocycles. The molecule has 34 heavy (non-hydrogen) atoms. The van der Waals surface area contributed by atoms with Gasteiger partial charge in [0.15, 0.2) is 10.9 Å². The standard InChI is InChI=1S/C22H23Cl3N4O4S/c1-34(31,32)28-15-8-9-29(12-15)18-7-3-6-16(23)20(18)17-11-19(33-27-17)13-4-2-5-14(10-13)26-22(30)21(24)25/h2-7,10,15,19,21,28H,8-9,11-12H2,1H3,(H,26,30)/t15-,19?/m1/s1. The first-order chi connectivity index (χ1) is 16.1. The lowest BCUT2D eigenvalue weighted by Crippen LogP contribution is -2.36. The third kappa shape index (κ3) is 5.95. The number of anilines is 2. The highest BCUT2D eigenvalue weighted by Crippen LogP contribution is 2.37. The van der Waals surface area contributed by atoms with Gasteiger partial charge in [0.05, 0.1) is 17.0 Å². The molecule has 0 bridgehead atoms. The van der Waals surface area contributed by atoms with Crippen LogP contribution >= 0.6 is 34.8 Å². The molecule has 2 aliphatic rings. The molecule has 0 aromatic heterocycles. The molecule has 2 aromatic carbocycles. The van der Waals surface area contributed by atoms with E-state index in [9.17, 15) is 13.2 Å². The van der Waals surface area contributed by atoms with E-state index < -0.39 is 20.8 Å². The third-order valence-electron chi connectivity index (χ3n) is 5.58. The smallest absolute Gasteiger partial charge is 0.257 e. The number of sulfonamides is 1. The third-order valence-corrected chi connectivity index (χ3v) is 7.06. The van der Waals surface area contributed by atoms with Crippen LogP contribution in [0, 0.1) is 0 Å². The van der Waals surface area contributed by atoms with Crippen molar-refractivity contribution in [2.75, 3.05) is 29.6 Å². The molecule has 12 heteroatoms. The predicted molar refractivity (Wildman–Crippen MR) is 136 cm³/mol. The summed E-state index contributed by atoms with van der Waals surface area (Å²) < 4.78 is 25.9. The molecule has 2 N–H and O–H groups in total. The topological polar surface area (TPSA) is 100 Å². The van der Waals surface area contributed by atoms with Crippen LogP contribution in [0.2, 0.25) is 5.02 Å². The number of hydrogen-bond donors (Lipinski definition) is 2. The second-order valence-electron chi connectivity index (χ2n) is 8.21. The average Bonchev–Trinajstić information content (AvgIpc) is 3.42. The van der Waals surface area contributed by atoms with Gasteiger partial charge in [-0.25, -0.2) is 13.1 Å². The molecule has 2 aromatic rings. The van der Waals surface area contributed by atoms with E-state index in [-0.39, 0.29) is 12.1 Å². The fourth-order valence-corrected chi connectivity index (χ4v) is 5.34. The van der Waals surface area contributed by atoms with Gasteiger partial charge in [0, 0.05) is 42.5 Å². The summed E-state index contributed by atoms with van der Waals surface area (Å²) in [6.45, 7) is 1.21. The molecule has 0 saturated carbocycles. The quantitative estimate of drug-likeness (QED) is 0.511. The molecule has 1 unspecified atom stereocenters. The summed E-state index contributed by atoms with van der Waals surface area (Å²) in [5, 5.41) is 7.51. The van der Waals surface area contributed by atoms with E-state index in [4.69, 9.17) is 39.6 Å². The number of oxime groups is 1. The molecule has 2 heterocycles. The van der Waals surface area contributed by atoms with Crippen LogP contribution in [-0.4, -0.2) is 50.3 Å². The van der Waals surface area contributed by atoms with Gasteiger partial charge >= 0.3 is 0 Å². The number of carbonyl (C=O) groups is 1. The second kappa shape index (κ2) is 10.3. The highest BCUT2D eigenvalue weighted by atomic mass is 35.5. The minimum atomic E-state index is -3.29. The Balaban J connectivity index is 1.51. The number of hydrogen-bond acceptors (Lipinski definition) is 6. The Morgan fingerprint density at radius 3 is 2.74 bits per heavy atom. The maximum Gasteiger partial charge on any atom is 0.257 e. The summed E-state index contributed by atoms with van der Waals surface area (Å²) in [5.74, 6) is -0.514.